The van der Waals surface area contributed by atoms with Gasteiger partial charge in [-0.05, 0) is 29.9 Å². The molecule has 0 aliphatic carbocycles. The minimum absolute atomic E-state index is 0.202. The summed E-state index contributed by atoms with van der Waals surface area (Å²) in [6.07, 6.45) is 2.19. The Morgan fingerprint density at radius 1 is 1.08 bits per heavy atom. The minimum atomic E-state index is -0.228. The second-order valence-corrected chi connectivity index (χ2v) is 6.50. The van der Waals surface area contributed by atoms with Crippen LogP contribution in [0.4, 0.5) is 0 Å². The van der Waals surface area contributed by atoms with Crippen molar-refractivity contribution >= 4 is 5.91 Å². The van der Waals surface area contributed by atoms with Gasteiger partial charge < -0.3 is 9.64 Å². The van der Waals surface area contributed by atoms with Crippen LogP contribution in [-0.2, 0) is 9.53 Å². The molecule has 2 aromatic rings. The Hall–Kier alpha value is -2.13. The van der Waals surface area contributed by atoms with E-state index < -0.39 is 0 Å². The number of nitrogens with zero attached hydrogens (tertiary/aromatic N) is 1. The van der Waals surface area contributed by atoms with E-state index in [1.807, 2.05) is 65.6 Å². The Balaban J connectivity index is 1.87. The zero-order valence-electron chi connectivity index (χ0n) is 14.2. The summed E-state index contributed by atoms with van der Waals surface area (Å²) in [6.45, 7) is 2.36. The summed E-state index contributed by atoms with van der Waals surface area (Å²) in [5, 5.41) is 0. The third-order valence-corrected chi connectivity index (χ3v) is 4.75. The van der Waals surface area contributed by atoms with E-state index in [-0.39, 0.29) is 11.8 Å². The average Bonchev–Trinajstić information content (AvgIpc) is 2.64. The van der Waals surface area contributed by atoms with Gasteiger partial charge in [0.2, 0.25) is 5.91 Å². The molecule has 1 heterocycles. The third-order valence-electron chi connectivity index (χ3n) is 4.75. The monoisotopic (exact) mass is 323 g/mol. The number of likely N-dealkylation sites (tertiary alicyclic amines) is 1. The van der Waals surface area contributed by atoms with E-state index in [1.54, 1.807) is 7.11 Å². The number of methoxy groups -OCH3 is 1. The number of piperidine rings is 1. The molecule has 1 amide bonds. The Morgan fingerprint density at radius 2 is 1.67 bits per heavy atom. The number of carbonyl (C=O) groups excluding carboxylic acids is 1. The molecule has 0 aromatic heterocycles. The first-order chi connectivity index (χ1) is 11.8. The van der Waals surface area contributed by atoms with Crippen molar-refractivity contribution in [2.75, 3.05) is 26.8 Å². The molecule has 0 unspecified atom stereocenters. The molecule has 1 atom stereocenters. The van der Waals surface area contributed by atoms with E-state index >= 15 is 0 Å². The number of rotatable bonds is 5. The lowest BCUT2D eigenvalue weighted by atomic mass is 9.88. The quantitative estimate of drug-likeness (QED) is 0.839. The lowest BCUT2D eigenvalue weighted by Crippen LogP contribution is -2.43. The fourth-order valence-corrected chi connectivity index (χ4v) is 3.59. The number of benzene rings is 2. The highest BCUT2D eigenvalue weighted by Crippen LogP contribution is 2.29. The Morgan fingerprint density at radius 3 is 2.21 bits per heavy atom. The fraction of sp³-hybridized carbons (Fsp3) is 0.381. The van der Waals surface area contributed by atoms with Crippen LogP contribution in [0.25, 0.3) is 0 Å². The number of ether oxygens (including phenoxy) is 1. The molecule has 1 fully saturated rings. The molecule has 0 bridgehead atoms. The highest BCUT2D eigenvalue weighted by molar-refractivity contribution is 5.87. The van der Waals surface area contributed by atoms with Crippen LogP contribution < -0.4 is 0 Å². The van der Waals surface area contributed by atoms with Crippen LogP contribution in [0.5, 0.6) is 0 Å². The first-order valence-corrected chi connectivity index (χ1v) is 8.67. The maximum Gasteiger partial charge on any atom is 0.234 e. The molecule has 1 saturated heterocycles. The van der Waals surface area contributed by atoms with Gasteiger partial charge in [-0.25, -0.2) is 0 Å². The topological polar surface area (TPSA) is 29.5 Å². The van der Waals surface area contributed by atoms with Gasteiger partial charge in [-0.2, -0.15) is 0 Å². The fourth-order valence-electron chi connectivity index (χ4n) is 3.59. The number of carbonyl (C=O) groups is 1. The maximum atomic E-state index is 13.3. The largest absolute Gasteiger partial charge is 0.384 e. The lowest BCUT2D eigenvalue weighted by molar-refractivity contribution is -0.134. The minimum Gasteiger partial charge on any atom is -0.384 e. The summed E-state index contributed by atoms with van der Waals surface area (Å²) in [6, 6.07) is 20.2. The summed E-state index contributed by atoms with van der Waals surface area (Å²) in [5.41, 5.74) is 2.12. The SMILES string of the molecule is COC[C@H]1CCCN(C(=O)C(c2ccccc2)c2ccccc2)C1. The molecule has 3 rings (SSSR count). The molecule has 3 nitrogen and oxygen atoms in total. The van der Waals surface area contributed by atoms with Crippen molar-refractivity contribution in [1.29, 1.82) is 0 Å². The average molecular weight is 323 g/mol. The first kappa shape index (κ1) is 16.7. The van der Waals surface area contributed by atoms with Crippen LogP contribution in [-0.4, -0.2) is 37.6 Å². The second kappa shape index (κ2) is 8.11. The standard InChI is InChI=1S/C21H25NO2/c1-24-16-17-9-8-14-22(15-17)21(23)20(18-10-4-2-5-11-18)19-12-6-3-7-13-19/h2-7,10-13,17,20H,8-9,14-16H2,1H3/t17-/m0/s1. The highest BCUT2D eigenvalue weighted by Gasteiger charge is 2.30. The molecular weight excluding hydrogens is 298 g/mol. The number of hydrogen-bond acceptors (Lipinski definition) is 2. The number of amides is 1. The van der Waals surface area contributed by atoms with Crippen molar-refractivity contribution in [3.63, 3.8) is 0 Å². The van der Waals surface area contributed by atoms with E-state index in [1.165, 1.54) is 0 Å². The Labute approximate surface area is 144 Å². The molecule has 0 N–H and O–H groups in total. The summed E-state index contributed by atoms with van der Waals surface area (Å²) in [4.78, 5) is 15.4. The van der Waals surface area contributed by atoms with E-state index in [9.17, 15) is 4.79 Å². The van der Waals surface area contributed by atoms with Gasteiger partial charge in [-0.1, -0.05) is 60.7 Å². The maximum absolute atomic E-state index is 13.3. The van der Waals surface area contributed by atoms with E-state index in [4.69, 9.17) is 4.74 Å². The van der Waals surface area contributed by atoms with Crippen LogP contribution in [0.3, 0.4) is 0 Å². The molecule has 0 saturated carbocycles. The molecule has 0 spiro atoms. The normalized spacial score (nSPS) is 17.9. The van der Waals surface area contributed by atoms with Gasteiger partial charge in [0.15, 0.2) is 0 Å². The molecule has 1 aliphatic heterocycles. The van der Waals surface area contributed by atoms with Crippen LogP contribution in [0.2, 0.25) is 0 Å². The summed E-state index contributed by atoms with van der Waals surface area (Å²) >= 11 is 0. The van der Waals surface area contributed by atoms with Crippen molar-refractivity contribution < 1.29 is 9.53 Å². The van der Waals surface area contributed by atoms with Crippen LogP contribution in [0.1, 0.15) is 29.9 Å². The Kier molecular flexibility index (Phi) is 5.65. The molecule has 1 aliphatic rings. The molecule has 24 heavy (non-hydrogen) atoms. The van der Waals surface area contributed by atoms with E-state index in [0.717, 1.165) is 43.7 Å². The zero-order valence-corrected chi connectivity index (χ0v) is 14.2. The van der Waals surface area contributed by atoms with Gasteiger partial charge >= 0.3 is 0 Å². The van der Waals surface area contributed by atoms with Crippen molar-refractivity contribution in [1.82, 2.24) is 4.90 Å². The van der Waals surface area contributed by atoms with Gasteiger partial charge in [0.1, 0.15) is 0 Å². The summed E-state index contributed by atoms with van der Waals surface area (Å²) in [5.74, 6) is 0.418. The molecule has 126 valence electrons. The van der Waals surface area contributed by atoms with Crippen molar-refractivity contribution in [2.24, 2.45) is 5.92 Å². The highest BCUT2D eigenvalue weighted by atomic mass is 16.5. The van der Waals surface area contributed by atoms with Gasteiger partial charge in [0, 0.05) is 20.2 Å². The van der Waals surface area contributed by atoms with Gasteiger partial charge in [0.25, 0.3) is 0 Å². The molecular formula is C21H25NO2. The lowest BCUT2D eigenvalue weighted by Gasteiger charge is -2.35. The van der Waals surface area contributed by atoms with Crippen LogP contribution in [0, 0.1) is 5.92 Å². The predicted molar refractivity (Wildman–Crippen MR) is 95.9 cm³/mol. The Bertz CT molecular complexity index is 600. The van der Waals surface area contributed by atoms with Gasteiger partial charge in [0.05, 0.1) is 12.5 Å². The third kappa shape index (κ3) is 3.85. The first-order valence-electron chi connectivity index (χ1n) is 8.67. The van der Waals surface area contributed by atoms with Gasteiger partial charge in [-0.3, -0.25) is 4.79 Å². The van der Waals surface area contributed by atoms with Crippen LogP contribution in [0.15, 0.2) is 60.7 Å². The van der Waals surface area contributed by atoms with Crippen molar-refractivity contribution in [2.45, 2.75) is 18.8 Å². The van der Waals surface area contributed by atoms with Crippen molar-refractivity contribution in [3.8, 4) is 0 Å². The molecule has 2 aromatic carbocycles. The smallest absolute Gasteiger partial charge is 0.234 e. The number of hydrogen-bond donors (Lipinski definition) is 0. The molecule has 0 radical (unpaired) electrons. The zero-order chi connectivity index (χ0) is 16.8. The van der Waals surface area contributed by atoms with E-state index in [0.29, 0.717) is 5.92 Å². The molecule has 3 heteroatoms. The van der Waals surface area contributed by atoms with E-state index in [2.05, 4.69) is 0 Å². The second-order valence-electron chi connectivity index (χ2n) is 6.50. The predicted octanol–water partition coefficient (Wildman–Crippen LogP) is 3.70. The summed E-state index contributed by atoms with van der Waals surface area (Å²) in [7, 11) is 1.73. The van der Waals surface area contributed by atoms with Crippen LogP contribution >= 0.6 is 0 Å². The van der Waals surface area contributed by atoms with Crippen molar-refractivity contribution in [3.05, 3.63) is 71.8 Å². The van der Waals surface area contributed by atoms with Gasteiger partial charge in [-0.15, -0.1) is 0 Å². The summed E-state index contributed by atoms with van der Waals surface area (Å²) < 4.78 is 5.30.